The molecule has 0 spiro atoms. The minimum Gasteiger partial charge on any atom is -0.497 e. The van der Waals surface area contributed by atoms with Crippen molar-refractivity contribution in [3.8, 4) is 5.75 Å². The smallest absolute Gasteiger partial charge is 0.324 e. The van der Waals surface area contributed by atoms with Crippen LogP contribution in [0.5, 0.6) is 5.75 Å². The van der Waals surface area contributed by atoms with E-state index >= 15 is 0 Å². The summed E-state index contributed by atoms with van der Waals surface area (Å²) >= 11 is 0. The lowest BCUT2D eigenvalue weighted by Gasteiger charge is -2.02. The van der Waals surface area contributed by atoms with E-state index in [4.69, 9.17) is 5.11 Å². The van der Waals surface area contributed by atoms with Gasteiger partial charge in [0.1, 0.15) is 0 Å². The number of hydrogen-bond donors (Lipinski definition) is 2. The number of benzene rings is 2. The zero-order chi connectivity index (χ0) is 21.1. The maximum atomic E-state index is 10.4. The number of nitrogens with zero attached hydrogens (tertiary/aromatic N) is 4. The lowest BCUT2D eigenvalue weighted by atomic mass is 10.1. The third-order valence-corrected chi connectivity index (χ3v) is 4.20. The van der Waals surface area contributed by atoms with Crippen LogP contribution in [0.15, 0.2) is 41.4 Å². The fourth-order valence-electron chi connectivity index (χ4n) is 2.87. The Hall–Kier alpha value is -4.35. The number of nitro groups is 3. The van der Waals surface area contributed by atoms with Gasteiger partial charge in [0.2, 0.25) is 0 Å². The molecule has 0 saturated heterocycles. The van der Waals surface area contributed by atoms with E-state index in [2.05, 4.69) is 34.2 Å². The predicted molar refractivity (Wildman–Crippen MR) is 103 cm³/mol. The molecule has 1 aromatic heterocycles. The molecule has 12 nitrogen and oxygen atoms in total. The van der Waals surface area contributed by atoms with E-state index in [0.29, 0.717) is 12.1 Å². The molecule has 0 unspecified atom stereocenters. The van der Waals surface area contributed by atoms with Gasteiger partial charge in [-0.3, -0.25) is 35.3 Å². The number of nitrogens with one attached hydrogen (secondary N) is 1. The number of para-hydroxylation sites is 1. The molecule has 1 aliphatic rings. The van der Waals surface area contributed by atoms with Crippen molar-refractivity contribution >= 4 is 34.2 Å². The summed E-state index contributed by atoms with van der Waals surface area (Å²) < 4.78 is 0. The molecule has 0 amide bonds. The van der Waals surface area contributed by atoms with Gasteiger partial charge in [0.15, 0.2) is 0 Å². The van der Waals surface area contributed by atoms with Gasteiger partial charge in [-0.25, -0.2) is 0 Å². The number of non-ortho nitro benzene ring substituents is 1. The van der Waals surface area contributed by atoms with Gasteiger partial charge in [0.05, 0.1) is 26.9 Å². The van der Waals surface area contributed by atoms with Crippen LogP contribution in [0.3, 0.4) is 0 Å². The number of aliphatic imine (C=N–C) groups is 1. The van der Waals surface area contributed by atoms with Crippen LogP contribution in [0.4, 0.5) is 17.1 Å². The van der Waals surface area contributed by atoms with Gasteiger partial charge in [-0.15, -0.1) is 0 Å². The monoisotopic (exact) mass is 399 g/mol. The molecule has 2 aromatic carbocycles. The standard InChI is InChI=1S/C11H10N2.C6H3N3O7/c1-2-4-10-8(3-1)9-7-12-6-5-11(9)13-10;10-6-4(8(13)14)1-3(7(11)12)2-5(6)9(15)16/h1-4,7,13H,5-6H2;1-2,10H. The highest BCUT2D eigenvalue weighted by atomic mass is 16.6. The van der Waals surface area contributed by atoms with Crippen molar-refractivity contribution in [2.75, 3.05) is 6.54 Å². The molecule has 29 heavy (non-hydrogen) atoms. The van der Waals surface area contributed by atoms with Crippen molar-refractivity contribution in [2.45, 2.75) is 6.42 Å². The number of fused-ring (bicyclic) bond motifs is 3. The minimum absolute atomic E-state index is 0.447. The van der Waals surface area contributed by atoms with Gasteiger partial charge in [-0.2, -0.15) is 0 Å². The number of phenols is 1. The highest BCUT2D eigenvalue weighted by molar-refractivity contribution is 6.01. The summed E-state index contributed by atoms with van der Waals surface area (Å²) in [7, 11) is 0. The normalized spacial score (nSPS) is 12.0. The Morgan fingerprint density at radius 1 is 0.966 bits per heavy atom. The molecule has 3 aromatic rings. The molecular formula is C17H13N5O7. The van der Waals surface area contributed by atoms with E-state index in [1.54, 1.807) is 0 Å². The molecule has 1 aliphatic heterocycles. The van der Waals surface area contributed by atoms with Crippen molar-refractivity contribution in [2.24, 2.45) is 4.99 Å². The van der Waals surface area contributed by atoms with Crippen molar-refractivity contribution in [1.82, 2.24) is 4.98 Å². The van der Waals surface area contributed by atoms with Gasteiger partial charge in [-0.05, 0) is 6.07 Å². The Morgan fingerprint density at radius 2 is 1.59 bits per heavy atom. The minimum atomic E-state index is -1.21. The van der Waals surface area contributed by atoms with Gasteiger partial charge < -0.3 is 10.1 Å². The lowest BCUT2D eigenvalue weighted by Crippen LogP contribution is -2.00. The van der Waals surface area contributed by atoms with E-state index in [9.17, 15) is 30.3 Å². The molecule has 4 rings (SSSR count). The summed E-state index contributed by atoms with van der Waals surface area (Å²) in [5.41, 5.74) is 0.830. The fourth-order valence-corrected chi connectivity index (χ4v) is 2.87. The number of rotatable bonds is 3. The molecule has 12 heteroatoms. The van der Waals surface area contributed by atoms with E-state index in [1.165, 1.54) is 22.2 Å². The first kappa shape index (κ1) is 19.4. The first-order valence-electron chi connectivity index (χ1n) is 8.19. The van der Waals surface area contributed by atoms with E-state index < -0.39 is 37.6 Å². The summed E-state index contributed by atoms with van der Waals surface area (Å²) in [6.07, 6.45) is 3.03. The van der Waals surface area contributed by atoms with Crippen LogP contribution < -0.4 is 0 Å². The number of hydrogen-bond acceptors (Lipinski definition) is 8. The molecule has 0 atom stereocenters. The summed E-state index contributed by atoms with van der Waals surface area (Å²) in [6, 6.07) is 9.27. The zero-order valence-electron chi connectivity index (χ0n) is 14.6. The lowest BCUT2D eigenvalue weighted by molar-refractivity contribution is -0.404. The highest BCUT2D eigenvalue weighted by Crippen LogP contribution is 2.38. The third-order valence-electron chi connectivity index (χ3n) is 4.20. The number of aromatic amines is 1. The van der Waals surface area contributed by atoms with Gasteiger partial charge >= 0.3 is 11.4 Å². The second-order valence-electron chi connectivity index (χ2n) is 5.95. The number of H-pyrrole nitrogens is 1. The maximum absolute atomic E-state index is 10.4. The fraction of sp³-hybridized carbons (Fsp3) is 0.118. The summed E-state index contributed by atoms with van der Waals surface area (Å²) in [4.78, 5) is 35.5. The van der Waals surface area contributed by atoms with Crippen LogP contribution in [-0.2, 0) is 6.42 Å². The SMILES string of the molecule is C1=NCCc2[nH]c3ccccc3c21.O=[N+]([O-])c1cc([N+](=O)[O-])c(O)c([N+](=O)[O-])c1. The molecule has 0 aliphatic carbocycles. The number of phenolic OH excluding ortho intramolecular Hbond substituents is 1. The summed E-state index contributed by atoms with van der Waals surface area (Å²) in [5, 5.41) is 41.5. The van der Waals surface area contributed by atoms with Gasteiger partial charge in [0, 0.05) is 41.3 Å². The van der Waals surface area contributed by atoms with Crippen molar-refractivity contribution < 1.29 is 19.9 Å². The highest BCUT2D eigenvalue weighted by Gasteiger charge is 2.30. The summed E-state index contributed by atoms with van der Waals surface area (Å²) in [5.74, 6) is -1.21. The number of aromatic hydroxyl groups is 1. The second-order valence-corrected chi connectivity index (χ2v) is 5.95. The van der Waals surface area contributed by atoms with E-state index in [-0.39, 0.29) is 0 Å². The van der Waals surface area contributed by atoms with Crippen LogP contribution in [-0.4, -0.2) is 37.6 Å². The topological polar surface area (TPSA) is 178 Å². The van der Waals surface area contributed by atoms with Crippen LogP contribution >= 0.6 is 0 Å². The first-order valence-corrected chi connectivity index (χ1v) is 8.19. The third kappa shape index (κ3) is 3.85. The molecule has 0 fully saturated rings. The first-order chi connectivity index (χ1) is 13.8. The van der Waals surface area contributed by atoms with Gasteiger partial charge in [0.25, 0.3) is 11.4 Å². The Morgan fingerprint density at radius 3 is 2.17 bits per heavy atom. The Balaban J connectivity index is 0.000000168. The van der Waals surface area contributed by atoms with Gasteiger partial charge in [-0.1, -0.05) is 18.2 Å². The molecular weight excluding hydrogens is 386 g/mol. The average Bonchev–Trinajstić information content (AvgIpc) is 3.06. The quantitative estimate of drug-likeness (QED) is 0.501. The Bertz CT molecular complexity index is 1130. The van der Waals surface area contributed by atoms with E-state index in [0.717, 1.165) is 13.0 Å². The molecule has 0 saturated carbocycles. The number of aromatic nitrogens is 1. The van der Waals surface area contributed by atoms with Crippen LogP contribution in [0.25, 0.3) is 10.9 Å². The van der Waals surface area contributed by atoms with Crippen LogP contribution in [0.1, 0.15) is 11.3 Å². The maximum Gasteiger partial charge on any atom is 0.324 e. The molecule has 148 valence electrons. The van der Waals surface area contributed by atoms with Crippen LogP contribution in [0, 0.1) is 30.3 Å². The average molecular weight is 399 g/mol. The van der Waals surface area contributed by atoms with E-state index in [1.807, 2.05) is 6.21 Å². The molecule has 0 bridgehead atoms. The number of nitro benzene ring substituents is 3. The molecule has 2 heterocycles. The second kappa shape index (κ2) is 7.72. The van der Waals surface area contributed by atoms with Crippen molar-refractivity contribution in [3.63, 3.8) is 0 Å². The molecule has 0 radical (unpaired) electrons. The predicted octanol–water partition coefficient (Wildman–Crippen LogP) is 3.26. The zero-order valence-corrected chi connectivity index (χ0v) is 14.6. The Labute approximate surface area is 161 Å². The van der Waals surface area contributed by atoms with Crippen molar-refractivity contribution in [3.05, 3.63) is 78.0 Å². The van der Waals surface area contributed by atoms with Crippen molar-refractivity contribution in [1.29, 1.82) is 0 Å². The van der Waals surface area contributed by atoms with Crippen LogP contribution in [0.2, 0.25) is 0 Å². The molecule has 2 N–H and O–H groups in total. The largest absolute Gasteiger partial charge is 0.497 e. The Kier molecular flexibility index (Phi) is 5.17. The summed E-state index contributed by atoms with van der Waals surface area (Å²) in [6.45, 7) is 0.916.